The van der Waals surface area contributed by atoms with Crippen LogP contribution < -0.4 is 10.2 Å². The van der Waals surface area contributed by atoms with Crippen molar-refractivity contribution >= 4 is 23.0 Å². The zero-order chi connectivity index (χ0) is 17.8. The molecule has 2 aromatic rings. The monoisotopic (exact) mass is 343 g/mol. The second-order valence-electron chi connectivity index (χ2n) is 6.01. The minimum absolute atomic E-state index is 0.0628. The molecule has 1 aliphatic heterocycles. The zero-order valence-electron chi connectivity index (χ0n) is 13.5. The van der Waals surface area contributed by atoms with Gasteiger partial charge in [0.1, 0.15) is 5.82 Å². The van der Waals surface area contributed by atoms with Crippen LogP contribution in [0.3, 0.4) is 0 Å². The third-order valence-corrected chi connectivity index (χ3v) is 4.38. The summed E-state index contributed by atoms with van der Waals surface area (Å²) < 4.78 is 13.8. The maximum atomic E-state index is 13.8. The van der Waals surface area contributed by atoms with Crippen molar-refractivity contribution in [2.45, 2.75) is 12.8 Å². The predicted octanol–water partition coefficient (Wildman–Crippen LogP) is 3.59. The molecular formula is C18H18FN3O3. The molecule has 7 heteroatoms. The van der Waals surface area contributed by atoms with Gasteiger partial charge in [-0.15, -0.1) is 0 Å². The van der Waals surface area contributed by atoms with Gasteiger partial charge in [0, 0.05) is 36.8 Å². The Hall–Kier alpha value is -2.96. The third-order valence-electron chi connectivity index (χ3n) is 4.38. The van der Waals surface area contributed by atoms with Crippen molar-refractivity contribution in [3.8, 4) is 0 Å². The van der Waals surface area contributed by atoms with Crippen LogP contribution in [0.1, 0.15) is 12.8 Å². The molecule has 1 heterocycles. The molecule has 1 aliphatic rings. The molecule has 0 aliphatic carbocycles. The molecule has 2 aromatic carbocycles. The predicted molar refractivity (Wildman–Crippen MR) is 93.1 cm³/mol. The molecular weight excluding hydrogens is 325 g/mol. The zero-order valence-corrected chi connectivity index (χ0v) is 13.5. The Morgan fingerprint density at radius 3 is 2.56 bits per heavy atom. The fourth-order valence-electron chi connectivity index (χ4n) is 3.03. The van der Waals surface area contributed by atoms with Crippen molar-refractivity contribution in [3.05, 3.63) is 64.5 Å². The lowest BCUT2D eigenvalue weighted by molar-refractivity contribution is -0.384. The van der Waals surface area contributed by atoms with Gasteiger partial charge in [0.15, 0.2) is 0 Å². The number of para-hydroxylation sites is 1. The molecule has 1 N–H and O–H groups in total. The molecule has 1 amide bonds. The number of piperidine rings is 1. The number of carbonyl (C=O) groups is 1. The molecule has 0 atom stereocenters. The summed E-state index contributed by atoms with van der Waals surface area (Å²) in [6.45, 7) is 1.18. The normalized spacial score (nSPS) is 15.0. The molecule has 0 aromatic heterocycles. The number of rotatable bonds is 4. The summed E-state index contributed by atoms with van der Waals surface area (Å²) in [5, 5.41) is 13.5. The van der Waals surface area contributed by atoms with E-state index in [1.807, 2.05) is 4.90 Å². The molecule has 0 bridgehead atoms. The van der Waals surface area contributed by atoms with E-state index in [2.05, 4.69) is 5.32 Å². The number of carbonyl (C=O) groups excluding carboxylic acids is 1. The van der Waals surface area contributed by atoms with E-state index in [9.17, 15) is 19.3 Å². The highest BCUT2D eigenvalue weighted by Crippen LogP contribution is 2.26. The molecule has 0 unspecified atom stereocenters. The van der Waals surface area contributed by atoms with Crippen LogP contribution in [0.5, 0.6) is 0 Å². The molecule has 0 radical (unpaired) electrons. The Kier molecular flexibility index (Phi) is 4.92. The SMILES string of the molecule is O=C(Nc1cccc([N+](=O)[O-])c1)C1CCN(c2ccccc2F)CC1. The van der Waals surface area contributed by atoms with Crippen LogP contribution in [0, 0.1) is 21.8 Å². The number of halogens is 1. The lowest BCUT2D eigenvalue weighted by Crippen LogP contribution is -2.38. The van der Waals surface area contributed by atoms with E-state index in [0.717, 1.165) is 0 Å². The van der Waals surface area contributed by atoms with Crippen LogP contribution in [-0.2, 0) is 4.79 Å². The second kappa shape index (κ2) is 7.29. The summed E-state index contributed by atoms with van der Waals surface area (Å²) in [5.74, 6) is -0.613. The van der Waals surface area contributed by atoms with Gasteiger partial charge in [-0.25, -0.2) is 4.39 Å². The van der Waals surface area contributed by atoms with Gasteiger partial charge in [0.05, 0.1) is 10.6 Å². The smallest absolute Gasteiger partial charge is 0.271 e. The summed E-state index contributed by atoms with van der Waals surface area (Å²) in [7, 11) is 0. The van der Waals surface area contributed by atoms with Gasteiger partial charge in [-0.05, 0) is 31.0 Å². The maximum absolute atomic E-state index is 13.8. The van der Waals surface area contributed by atoms with Crippen molar-refractivity contribution < 1.29 is 14.1 Å². The maximum Gasteiger partial charge on any atom is 0.271 e. The molecule has 25 heavy (non-hydrogen) atoms. The summed E-state index contributed by atoms with van der Waals surface area (Å²) in [5.41, 5.74) is 0.906. The molecule has 0 saturated carbocycles. The van der Waals surface area contributed by atoms with Gasteiger partial charge < -0.3 is 10.2 Å². The number of nitrogens with one attached hydrogen (secondary N) is 1. The largest absolute Gasteiger partial charge is 0.369 e. The van der Waals surface area contributed by atoms with Crippen LogP contribution in [0.15, 0.2) is 48.5 Å². The molecule has 1 fully saturated rings. The number of hydrogen-bond donors (Lipinski definition) is 1. The van der Waals surface area contributed by atoms with E-state index in [1.54, 1.807) is 24.3 Å². The van der Waals surface area contributed by atoms with Crippen molar-refractivity contribution in [1.82, 2.24) is 0 Å². The first-order valence-electron chi connectivity index (χ1n) is 8.09. The quantitative estimate of drug-likeness (QED) is 0.680. The van der Waals surface area contributed by atoms with Crippen LogP contribution in [0.4, 0.5) is 21.5 Å². The molecule has 0 spiro atoms. The Bertz CT molecular complexity index is 789. The lowest BCUT2D eigenvalue weighted by Gasteiger charge is -2.33. The highest BCUT2D eigenvalue weighted by atomic mass is 19.1. The highest BCUT2D eigenvalue weighted by Gasteiger charge is 2.26. The van der Waals surface area contributed by atoms with Crippen LogP contribution in [0.2, 0.25) is 0 Å². The Balaban J connectivity index is 1.59. The van der Waals surface area contributed by atoms with Gasteiger partial charge in [0.2, 0.25) is 5.91 Å². The van der Waals surface area contributed by atoms with Crippen LogP contribution in [-0.4, -0.2) is 23.9 Å². The highest BCUT2D eigenvalue weighted by molar-refractivity contribution is 5.93. The number of nitro groups is 1. The van der Waals surface area contributed by atoms with Crippen molar-refractivity contribution in [3.63, 3.8) is 0 Å². The summed E-state index contributed by atoms with van der Waals surface area (Å²) in [6.07, 6.45) is 1.21. The topological polar surface area (TPSA) is 75.5 Å². The average Bonchev–Trinajstić information content (AvgIpc) is 2.62. The number of amides is 1. The third kappa shape index (κ3) is 3.93. The Labute approximate surface area is 144 Å². The van der Waals surface area contributed by atoms with Gasteiger partial charge >= 0.3 is 0 Å². The number of hydrogen-bond acceptors (Lipinski definition) is 4. The number of benzene rings is 2. The number of anilines is 2. The number of non-ortho nitro benzene ring substituents is 1. The van der Waals surface area contributed by atoms with E-state index < -0.39 is 4.92 Å². The standard InChI is InChI=1S/C18H18FN3O3/c19-16-6-1-2-7-17(16)21-10-8-13(9-11-21)18(23)20-14-4-3-5-15(12-14)22(24)25/h1-7,12-13H,8-11H2,(H,20,23). The van der Waals surface area contributed by atoms with E-state index in [-0.39, 0.29) is 23.3 Å². The van der Waals surface area contributed by atoms with E-state index in [4.69, 9.17) is 0 Å². The number of nitro benzene ring substituents is 1. The van der Waals surface area contributed by atoms with Crippen molar-refractivity contribution in [2.24, 2.45) is 5.92 Å². The second-order valence-corrected chi connectivity index (χ2v) is 6.01. The first kappa shape index (κ1) is 16.9. The van der Waals surface area contributed by atoms with Gasteiger partial charge in [-0.3, -0.25) is 14.9 Å². The van der Waals surface area contributed by atoms with Crippen LogP contribution in [0.25, 0.3) is 0 Å². The minimum atomic E-state index is -0.497. The van der Waals surface area contributed by atoms with Gasteiger partial charge in [-0.1, -0.05) is 18.2 Å². The summed E-state index contributed by atoms with van der Waals surface area (Å²) in [6, 6.07) is 12.5. The average molecular weight is 343 g/mol. The summed E-state index contributed by atoms with van der Waals surface area (Å²) in [4.78, 5) is 24.6. The minimum Gasteiger partial charge on any atom is -0.369 e. The van der Waals surface area contributed by atoms with E-state index in [1.165, 1.54) is 24.3 Å². The van der Waals surface area contributed by atoms with Gasteiger partial charge in [0.25, 0.3) is 5.69 Å². The van der Waals surface area contributed by atoms with E-state index in [0.29, 0.717) is 37.3 Å². The molecule has 6 nitrogen and oxygen atoms in total. The fraction of sp³-hybridized carbons (Fsp3) is 0.278. The van der Waals surface area contributed by atoms with Crippen LogP contribution >= 0.6 is 0 Å². The molecule has 1 saturated heterocycles. The Morgan fingerprint density at radius 1 is 1.16 bits per heavy atom. The molecule has 3 rings (SSSR count). The summed E-state index contributed by atoms with van der Waals surface area (Å²) >= 11 is 0. The lowest BCUT2D eigenvalue weighted by atomic mass is 9.95. The fourth-order valence-corrected chi connectivity index (χ4v) is 3.03. The Morgan fingerprint density at radius 2 is 1.88 bits per heavy atom. The van der Waals surface area contributed by atoms with Crippen molar-refractivity contribution in [2.75, 3.05) is 23.3 Å². The number of nitrogens with zero attached hydrogens (tertiary/aromatic N) is 2. The van der Waals surface area contributed by atoms with Crippen molar-refractivity contribution in [1.29, 1.82) is 0 Å². The first-order chi connectivity index (χ1) is 12.0. The van der Waals surface area contributed by atoms with E-state index >= 15 is 0 Å². The van der Waals surface area contributed by atoms with Gasteiger partial charge in [-0.2, -0.15) is 0 Å². The first-order valence-corrected chi connectivity index (χ1v) is 8.09. The molecule has 130 valence electrons.